The van der Waals surface area contributed by atoms with E-state index in [1.54, 1.807) is 7.05 Å². The van der Waals surface area contributed by atoms with Crippen LogP contribution in [-0.4, -0.2) is 38.9 Å². The summed E-state index contributed by atoms with van der Waals surface area (Å²) >= 11 is 0. The number of hydrogen-bond donors (Lipinski definition) is 1. The van der Waals surface area contributed by atoms with Crippen LogP contribution in [-0.2, 0) is 10.2 Å². The van der Waals surface area contributed by atoms with E-state index in [0.717, 1.165) is 24.2 Å². The topological polar surface area (TPSA) is 52.7 Å². The largest absolute Gasteiger partial charge is 0.310 e. The number of nitrogens with zero attached hydrogens (tertiary/aromatic N) is 2. The second-order valence-electron chi connectivity index (χ2n) is 5.65. The third-order valence-electron chi connectivity index (χ3n) is 4.02. The Labute approximate surface area is 128 Å². The van der Waals surface area contributed by atoms with Crippen LogP contribution in [0.25, 0.3) is 0 Å². The molecule has 0 spiro atoms. The van der Waals surface area contributed by atoms with Gasteiger partial charge in [0.15, 0.2) is 0 Å². The quantitative estimate of drug-likeness (QED) is 0.906. The second kappa shape index (κ2) is 6.34. The molecule has 0 saturated heterocycles. The van der Waals surface area contributed by atoms with Crippen molar-refractivity contribution in [2.45, 2.75) is 39.3 Å². The Morgan fingerprint density at radius 3 is 2.67 bits per heavy atom. The number of rotatable bonds is 5. The van der Waals surface area contributed by atoms with Gasteiger partial charge in [-0.15, -0.1) is 0 Å². The van der Waals surface area contributed by atoms with E-state index in [4.69, 9.17) is 0 Å². The van der Waals surface area contributed by atoms with Crippen molar-refractivity contribution in [3.63, 3.8) is 0 Å². The summed E-state index contributed by atoms with van der Waals surface area (Å²) in [6.07, 6.45) is 0.788. The lowest BCUT2D eigenvalue weighted by molar-refractivity contribution is 0.404. The van der Waals surface area contributed by atoms with E-state index in [-0.39, 0.29) is 12.1 Å². The van der Waals surface area contributed by atoms with Crippen LogP contribution in [0, 0.1) is 0 Å². The molecule has 0 amide bonds. The van der Waals surface area contributed by atoms with Crippen molar-refractivity contribution in [2.75, 3.05) is 24.4 Å². The third kappa shape index (κ3) is 3.07. The minimum atomic E-state index is -3.47. The van der Waals surface area contributed by atoms with Crippen LogP contribution in [0.4, 0.5) is 5.69 Å². The molecule has 0 radical (unpaired) electrons. The molecule has 0 bridgehead atoms. The summed E-state index contributed by atoms with van der Waals surface area (Å²) in [5.41, 5.74) is 1.86. The monoisotopic (exact) mass is 311 g/mol. The number of anilines is 1. The van der Waals surface area contributed by atoms with E-state index in [0.29, 0.717) is 6.54 Å². The molecule has 5 nitrogen and oxygen atoms in total. The summed E-state index contributed by atoms with van der Waals surface area (Å²) in [4.78, 5) is 0. The molecule has 0 saturated carbocycles. The SMILES string of the molecule is CCNC1CCN(S(=O)(=O)N(C)C(C)C)c2ccccc21. The fraction of sp³-hybridized carbons (Fsp3) is 0.600. The molecule has 0 aromatic heterocycles. The molecule has 2 rings (SSSR count). The molecule has 1 unspecified atom stereocenters. The molecule has 1 aromatic rings. The Bertz CT molecular complexity index is 586. The Morgan fingerprint density at radius 1 is 1.38 bits per heavy atom. The molecular weight excluding hydrogens is 286 g/mol. The number of benzene rings is 1. The molecule has 0 fully saturated rings. The highest BCUT2D eigenvalue weighted by Gasteiger charge is 2.34. The van der Waals surface area contributed by atoms with Gasteiger partial charge in [-0.25, -0.2) is 0 Å². The molecule has 21 heavy (non-hydrogen) atoms. The molecule has 1 aliphatic rings. The average molecular weight is 311 g/mol. The summed E-state index contributed by atoms with van der Waals surface area (Å²) in [6, 6.07) is 7.93. The summed E-state index contributed by atoms with van der Waals surface area (Å²) in [5.74, 6) is 0. The molecule has 1 heterocycles. The van der Waals surface area contributed by atoms with Crippen LogP contribution < -0.4 is 9.62 Å². The van der Waals surface area contributed by atoms with Gasteiger partial charge in [-0.1, -0.05) is 25.1 Å². The first-order valence-electron chi connectivity index (χ1n) is 7.47. The van der Waals surface area contributed by atoms with E-state index >= 15 is 0 Å². The predicted octanol–water partition coefficient (Wildman–Crippen LogP) is 2.13. The van der Waals surface area contributed by atoms with Crippen LogP contribution in [0.5, 0.6) is 0 Å². The maximum Gasteiger partial charge on any atom is 0.304 e. The standard InChI is InChI=1S/C15H25N3O2S/c1-5-16-14-10-11-18(15-9-7-6-8-13(14)15)21(19,20)17(4)12(2)3/h6-9,12,14,16H,5,10-11H2,1-4H3. The first kappa shape index (κ1) is 16.3. The summed E-state index contributed by atoms with van der Waals surface area (Å²) < 4.78 is 28.5. The smallest absolute Gasteiger partial charge is 0.304 e. The van der Waals surface area contributed by atoms with Gasteiger partial charge in [0.25, 0.3) is 0 Å². The first-order valence-corrected chi connectivity index (χ1v) is 8.87. The molecule has 1 aliphatic heterocycles. The lowest BCUT2D eigenvalue weighted by atomic mass is 9.98. The fourth-order valence-corrected chi connectivity index (χ4v) is 4.25. The highest BCUT2D eigenvalue weighted by atomic mass is 32.2. The van der Waals surface area contributed by atoms with Crippen LogP contribution in [0.2, 0.25) is 0 Å². The van der Waals surface area contributed by atoms with E-state index in [1.807, 2.05) is 38.1 Å². The number of nitrogens with one attached hydrogen (secondary N) is 1. The zero-order valence-electron chi connectivity index (χ0n) is 13.2. The molecular formula is C15H25N3O2S. The molecule has 118 valence electrons. The normalized spacial score (nSPS) is 19.1. The Hall–Kier alpha value is -1.11. The highest BCUT2D eigenvalue weighted by molar-refractivity contribution is 7.90. The van der Waals surface area contributed by atoms with Crippen molar-refractivity contribution >= 4 is 15.9 Å². The van der Waals surface area contributed by atoms with Gasteiger partial charge in [-0.2, -0.15) is 12.7 Å². The fourth-order valence-electron chi connectivity index (χ4n) is 2.65. The van der Waals surface area contributed by atoms with Crippen molar-refractivity contribution in [3.8, 4) is 0 Å². The van der Waals surface area contributed by atoms with E-state index in [9.17, 15) is 8.42 Å². The summed E-state index contributed by atoms with van der Waals surface area (Å²) in [6.45, 7) is 7.22. The Kier molecular flexibility index (Phi) is 4.91. The van der Waals surface area contributed by atoms with Crippen LogP contribution in [0.1, 0.15) is 38.8 Å². The number of fused-ring (bicyclic) bond motifs is 1. The van der Waals surface area contributed by atoms with Crippen molar-refractivity contribution in [2.24, 2.45) is 0 Å². The maximum absolute atomic E-state index is 12.8. The van der Waals surface area contributed by atoms with Gasteiger partial charge in [-0.05, 0) is 38.4 Å². The van der Waals surface area contributed by atoms with Gasteiger partial charge >= 0.3 is 10.2 Å². The molecule has 1 atom stereocenters. The summed E-state index contributed by atoms with van der Waals surface area (Å²) in [7, 11) is -1.84. The lowest BCUT2D eigenvalue weighted by Gasteiger charge is -2.38. The van der Waals surface area contributed by atoms with E-state index in [2.05, 4.69) is 12.2 Å². The molecule has 1 N–H and O–H groups in total. The van der Waals surface area contributed by atoms with Gasteiger partial charge in [0, 0.05) is 25.7 Å². The van der Waals surface area contributed by atoms with Gasteiger partial charge in [0.05, 0.1) is 5.69 Å². The van der Waals surface area contributed by atoms with Gasteiger partial charge < -0.3 is 5.32 Å². The van der Waals surface area contributed by atoms with Gasteiger partial charge in [0.1, 0.15) is 0 Å². The molecule has 6 heteroatoms. The van der Waals surface area contributed by atoms with Crippen molar-refractivity contribution < 1.29 is 8.42 Å². The zero-order valence-corrected chi connectivity index (χ0v) is 14.0. The van der Waals surface area contributed by atoms with Crippen molar-refractivity contribution in [1.29, 1.82) is 0 Å². The predicted molar refractivity (Wildman–Crippen MR) is 86.6 cm³/mol. The Morgan fingerprint density at radius 2 is 2.05 bits per heavy atom. The van der Waals surface area contributed by atoms with E-state index in [1.165, 1.54) is 8.61 Å². The third-order valence-corrected chi connectivity index (χ3v) is 6.11. The number of hydrogen-bond acceptors (Lipinski definition) is 3. The summed E-state index contributed by atoms with van der Waals surface area (Å²) in [5, 5.41) is 3.43. The first-order chi connectivity index (χ1) is 9.89. The number of para-hydroxylation sites is 1. The van der Waals surface area contributed by atoms with Crippen LogP contribution in [0.3, 0.4) is 0 Å². The van der Waals surface area contributed by atoms with Crippen molar-refractivity contribution in [3.05, 3.63) is 29.8 Å². The van der Waals surface area contributed by atoms with Crippen LogP contribution in [0.15, 0.2) is 24.3 Å². The average Bonchev–Trinajstić information content (AvgIpc) is 2.46. The zero-order chi connectivity index (χ0) is 15.6. The molecule has 0 aliphatic carbocycles. The van der Waals surface area contributed by atoms with Crippen LogP contribution >= 0.6 is 0 Å². The Balaban J connectivity index is 2.42. The van der Waals surface area contributed by atoms with Crippen molar-refractivity contribution in [1.82, 2.24) is 9.62 Å². The van der Waals surface area contributed by atoms with E-state index < -0.39 is 10.2 Å². The highest BCUT2D eigenvalue weighted by Crippen LogP contribution is 2.35. The minimum absolute atomic E-state index is 0.0614. The second-order valence-corrected chi connectivity index (χ2v) is 7.56. The van der Waals surface area contributed by atoms with Gasteiger partial charge in [0.2, 0.25) is 0 Å². The van der Waals surface area contributed by atoms with Gasteiger partial charge in [-0.3, -0.25) is 4.31 Å². The lowest BCUT2D eigenvalue weighted by Crippen LogP contribution is -2.48. The maximum atomic E-state index is 12.8. The molecule has 1 aromatic carbocycles. The minimum Gasteiger partial charge on any atom is -0.310 e.